The molecule has 4 bridgehead atoms. The molecule has 0 radical (unpaired) electrons. The van der Waals surface area contributed by atoms with E-state index in [1.807, 2.05) is 6.92 Å². The molecule has 1 amide bonds. The summed E-state index contributed by atoms with van der Waals surface area (Å²) in [5.74, 6) is 3.51. The van der Waals surface area contributed by atoms with E-state index in [1.165, 1.54) is 38.5 Å². The number of rotatable bonds is 3. The van der Waals surface area contributed by atoms with Gasteiger partial charge in [-0.15, -0.1) is 0 Å². The molecule has 1 aromatic heterocycles. The van der Waals surface area contributed by atoms with Gasteiger partial charge in [0, 0.05) is 6.04 Å². The highest BCUT2D eigenvalue weighted by Gasteiger charge is 2.53. The standard InChI is InChI=1S/C18H25NO2/c1-11-16(3-4-21-11)17(20)19-12(2)18-8-13-5-14(9-18)7-15(6-13)10-18/h3-4,12-15H,5-10H2,1-2H3,(H,19,20)/t12-,13?,14?,15?,18?/m0/s1. The molecule has 3 heteroatoms. The van der Waals surface area contributed by atoms with Gasteiger partial charge < -0.3 is 9.73 Å². The zero-order valence-electron chi connectivity index (χ0n) is 13.0. The fourth-order valence-electron chi connectivity index (χ4n) is 5.76. The van der Waals surface area contributed by atoms with Gasteiger partial charge >= 0.3 is 0 Å². The molecule has 0 unspecified atom stereocenters. The maximum atomic E-state index is 12.5. The van der Waals surface area contributed by atoms with Crippen molar-refractivity contribution in [3.63, 3.8) is 0 Å². The molecular weight excluding hydrogens is 262 g/mol. The monoisotopic (exact) mass is 287 g/mol. The van der Waals surface area contributed by atoms with Crippen LogP contribution in [0.1, 0.15) is 61.6 Å². The van der Waals surface area contributed by atoms with Gasteiger partial charge in [-0.1, -0.05) is 0 Å². The van der Waals surface area contributed by atoms with Crippen LogP contribution >= 0.6 is 0 Å². The molecule has 4 aliphatic rings. The summed E-state index contributed by atoms with van der Waals surface area (Å²) in [6, 6.07) is 2.05. The highest BCUT2D eigenvalue weighted by atomic mass is 16.3. The molecule has 0 spiro atoms. The first-order valence-electron chi connectivity index (χ1n) is 8.41. The minimum Gasteiger partial charge on any atom is -0.469 e. The van der Waals surface area contributed by atoms with Gasteiger partial charge in [0.05, 0.1) is 11.8 Å². The summed E-state index contributed by atoms with van der Waals surface area (Å²) in [6.07, 6.45) is 9.91. The van der Waals surface area contributed by atoms with Crippen molar-refractivity contribution in [3.8, 4) is 0 Å². The summed E-state index contributed by atoms with van der Waals surface area (Å²) in [4.78, 5) is 12.5. The third kappa shape index (κ3) is 2.13. The third-order valence-corrected chi connectivity index (χ3v) is 6.46. The molecule has 1 atom stereocenters. The van der Waals surface area contributed by atoms with Gasteiger partial charge in [0.1, 0.15) is 5.76 Å². The normalized spacial score (nSPS) is 38.5. The van der Waals surface area contributed by atoms with E-state index in [-0.39, 0.29) is 11.9 Å². The van der Waals surface area contributed by atoms with Crippen LogP contribution in [0.15, 0.2) is 16.7 Å². The quantitative estimate of drug-likeness (QED) is 0.915. The Morgan fingerprint density at radius 3 is 2.29 bits per heavy atom. The number of hydrogen-bond acceptors (Lipinski definition) is 2. The molecule has 1 heterocycles. The van der Waals surface area contributed by atoms with Crippen LogP contribution in [0.25, 0.3) is 0 Å². The second-order valence-corrected chi connectivity index (χ2v) is 7.87. The summed E-state index contributed by atoms with van der Waals surface area (Å²) < 4.78 is 5.26. The second-order valence-electron chi connectivity index (χ2n) is 7.87. The lowest BCUT2D eigenvalue weighted by atomic mass is 9.48. The lowest BCUT2D eigenvalue weighted by Crippen LogP contribution is -2.55. The smallest absolute Gasteiger partial charge is 0.255 e. The summed E-state index contributed by atoms with van der Waals surface area (Å²) in [5.41, 5.74) is 1.05. The first-order chi connectivity index (χ1) is 10.1. The van der Waals surface area contributed by atoms with Gasteiger partial charge in [-0.05, 0) is 81.6 Å². The molecular formula is C18H25NO2. The number of carbonyl (C=O) groups is 1. The van der Waals surface area contributed by atoms with Crippen molar-refractivity contribution < 1.29 is 9.21 Å². The molecule has 1 aromatic rings. The Morgan fingerprint density at radius 2 is 1.81 bits per heavy atom. The summed E-state index contributed by atoms with van der Waals surface area (Å²) in [6.45, 7) is 4.07. The first kappa shape index (κ1) is 13.4. The Hall–Kier alpha value is -1.25. The van der Waals surface area contributed by atoms with Crippen molar-refractivity contribution in [1.29, 1.82) is 0 Å². The van der Waals surface area contributed by atoms with E-state index in [0.29, 0.717) is 16.7 Å². The minimum absolute atomic E-state index is 0.0319. The second kappa shape index (κ2) is 4.62. The van der Waals surface area contributed by atoms with Crippen molar-refractivity contribution in [3.05, 3.63) is 23.7 Å². The van der Waals surface area contributed by atoms with Crippen molar-refractivity contribution in [2.45, 2.75) is 58.4 Å². The Labute approximate surface area is 126 Å². The van der Waals surface area contributed by atoms with Crippen molar-refractivity contribution in [2.75, 3.05) is 0 Å². The molecule has 0 aromatic carbocycles. The molecule has 5 rings (SSSR count). The van der Waals surface area contributed by atoms with Crippen LogP contribution in [0.5, 0.6) is 0 Å². The molecule has 4 fully saturated rings. The first-order valence-corrected chi connectivity index (χ1v) is 8.41. The molecule has 3 nitrogen and oxygen atoms in total. The number of amides is 1. The molecule has 1 N–H and O–H groups in total. The molecule has 114 valence electrons. The van der Waals surface area contributed by atoms with Crippen LogP contribution in [0.3, 0.4) is 0 Å². The van der Waals surface area contributed by atoms with Gasteiger partial charge in [0.15, 0.2) is 0 Å². The number of nitrogens with one attached hydrogen (secondary N) is 1. The zero-order chi connectivity index (χ0) is 14.6. The Kier molecular flexibility index (Phi) is 2.95. The van der Waals surface area contributed by atoms with Crippen LogP contribution in [0, 0.1) is 30.1 Å². The summed E-state index contributed by atoms with van der Waals surface area (Å²) in [5, 5.41) is 3.28. The van der Waals surface area contributed by atoms with E-state index in [1.54, 1.807) is 12.3 Å². The molecule has 0 aliphatic heterocycles. The van der Waals surface area contributed by atoms with E-state index in [4.69, 9.17) is 4.42 Å². The fraction of sp³-hybridized carbons (Fsp3) is 0.722. The van der Waals surface area contributed by atoms with Crippen LogP contribution < -0.4 is 5.32 Å². The van der Waals surface area contributed by atoms with Crippen LogP contribution in [-0.4, -0.2) is 11.9 Å². The molecule has 4 saturated carbocycles. The van der Waals surface area contributed by atoms with Crippen molar-refractivity contribution in [2.24, 2.45) is 23.2 Å². The van der Waals surface area contributed by atoms with E-state index >= 15 is 0 Å². The predicted octanol–water partition coefficient (Wildman–Crippen LogP) is 3.92. The maximum Gasteiger partial charge on any atom is 0.255 e. The van der Waals surface area contributed by atoms with E-state index in [0.717, 1.165) is 17.8 Å². The number of aryl methyl sites for hydroxylation is 1. The average molecular weight is 287 g/mol. The Bertz CT molecular complexity index is 524. The molecule has 21 heavy (non-hydrogen) atoms. The third-order valence-electron chi connectivity index (χ3n) is 6.46. The zero-order valence-corrected chi connectivity index (χ0v) is 13.0. The van der Waals surface area contributed by atoms with Crippen LogP contribution in [0.2, 0.25) is 0 Å². The van der Waals surface area contributed by atoms with Gasteiger partial charge in [0.2, 0.25) is 0 Å². The summed E-state index contributed by atoms with van der Waals surface area (Å²) in [7, 11) is 0. The number of furan rings is 1. The van der Waals surface area contributed by atoms with Gasteiger partial charge in [-0.3, -0.25) is 4.79 Å². The number of hydrogen-bond donors (Lipinski definition) is 1. The average Bonchev–Trinajstić information content (AvgIpc) is 2.83. The van der Waals surface area contributed by atoms with Crippen LogP contribution in [0.4, 0.5) is 0 Å². The Morgan fingerprint density at radius 1 is 1.24 bits per heavy atom. The fourth-order valence-corrected chi connectivity index (χ4v) is 5.76. The van der Waals surface area contributed by atoms with Gasteiger partial charge in [-0.2, -0.15) is 0 Å². The lowest BCUT2D eigenvalue weighted by molar-refractivity contribution is -0.0688. The van der Waals surface area contributed by atoms with E-state index < -0.39 is 0 Å². The maximum absolute atomic E-state index is 12.5. The lowest BCUT2D eigenvalue weighted by Gasteiger charge is -2.59. The topological polar surface area (TPSA) is 42.2 Å². The largest absolute Gasteiger partial charge is 0.469 e. The Balaban J connectivity index is 1.51. The van der Waals surface area contributed by atoms with E-state index in [9.17, 15) is 4.79 Å². The van der Waals surface area contributed by atoms with Crippen LogP contribution in [-0.2, 0) is 0 Å². The highest BCUT2D eigenvalue weighted by molar-refractivity contribution is 5.95. The van der Waals surface area contributed by atoms with E-state index in [2.05, 4.69) is 12.2 Å². The van der Waals surface area contributed by atoms with Crippen molar-refractivity contribution in [1.82, 2.24) is 5.32 Å². The SMILES string of the molecule is Cc1occc1C(=O)N[C@@H](C)C12CC3CC(CC(C3)C1)C2. The minimum atomic E-state index is 0.0319. The predicted molar refractivity (Wildman–Crippen MR) is 81.0 cm³/mol. The van der Waals surface area contributed by atoms with Crippen molar-refractivity contribution >= 4 is 5.91 Å². The number of carbonyl (C=O) groups excluding carboxylic acids is 1. The molecule has 0 saturated heterocycles. The highest BCUT2D eigenvalue weighted by Crippen LogP contribution is 2.61. The van der Waals surface area contributed by atoms with Gasteiger partial charge in [0.25, 0.3) is 5.91 Å². The van der Waals surface area contributed by atoms with Gasteiger partial charge in [-0.25, -0.2) is 0 Å². The summed E-state index contributed by atoms with van der Waals surface area (Å²) >= 11 is 0. The molecule has 4 aliphatic carbocycles.